The Morgan fingerprint density at radius 3 is 2.44 bits per heavy atom. The third kappa shape index (κ3) is 3.18. The van der Waals surface area contributed by atoms with Crippen molar-refractivity contribution in [1.29, 1.82) is 5.26 Å². The van der Waals surface area contributed by atoms with Gasteiger partial charge in [0.25, 0.3) is 0 Å². The Labute approximate surface area is 111 Å². The molecule has 3 atom stereocenters. The van der Waals surface area contributed by atoms with Gasteiger partial charge in [-0.25, -0.2) is 0 Å². The molecule has 4 heteroatoms. The number of hydrogen-bond donors (Lipinski definition) is 1. The summed E-state index contributed by atoms with van der Waals surface area (Å²) in [7, 11) is -1.38. The van der Waals surface area contributed by atoms with E-state index in [1.165, 1.54) is 0 Å². The predicted molar refractivity (Wildman–Crippen MR) is 72.5 cm³/mol. The first-order chi connectivity index (χ1) is 8.44. The molecule has 0 aliphatic heterocycles. The minimum Gasteiger partial charge on any atom is -0.374 e. The molecule has 1 rings (SSSR count). The quantitative estimate of drug-likeness (QED) is 0.832. The van der Waals surface area contributed by atoms with Crippen LogP contribution in [0.15, 0.2) is 29.2 Å². The van der Waals surface area contributed by atoms with Crippen LogP contribution < -0.4 is 0 Å². The van der Waals surface area contributed by atoms with E-state index in [0.717, 1.165) is 5.56 Å². The van der Waals surface area contributed by atoms with Crippen LogP contribution in [0.4, 0.5) is 0 Å². The molecular weight excluding hydrogens is 246 g/mol. The van der Waals surface area contributed by atoms with E-state index in [0.29, 0.717) is 17.7 Å². The van der Waals surface area contributed by atoms with Crippen molar-refractivity contribution in [2.45, 2.75) is 49.4 Å². The molecule has 0 aromatic heterocycles. The summed E-state index contributed by atoms with van der Waals surface area (Å²) in [5.41, 5.74) is -0.433. The smallest absolute Gasteiger partial charge is 0.165 e. The number of hydrogen-bond acceptors (Lipinski definition) is 3. The Bertz CT molecular complexity index is 464. The lowest BCUT2D eigenvalue weighted by Crippen LogP contribution is -2.41. The van der Waals surface area contributed by atoms with Gasteiger partial charge in [0.15, 0.2) is 5.60 Å². The number of rotatable bonds is 5. The number of benzene rings is 1. The van der Waals surface area contributed by atoms with E-state index in [1.807, 2.05) is 32.0 Å². The van der Waals surface area contributed by atoms with Crippen LogP contribution in [-0.2, 0) is 10.8 Å². The van der Waals surface area contributed by atoms with Crippen molar-refractivity contribution in [3.63, 3.8) is 0 Å². The highest BCUT2D eigenvalue weighted by Crippen LogP contribution is 2.25. The summed E-state index contributed by atoms with van der Waals surface area (Å²) in [5.74, 6) is 0. The normalized spacial score (nSPS) is 17.5. The van der Waals surface area contributed by atoms with Crippen LogP contribution in [0, 0.1) is 18.3 Å². The second-order valence-corrected chi connectivity index (χ2v) is 6.31. The highest BCUT2D eigenvalue weighted by Gasteiger charge is 2.37. The summed E-state index contributed by atoms with van der Waals surface area (Å²) in [5, 5.41) is 18.7. The third-order valence-corrected chi connectivity index (χ3v) is 4.84. The molecule has 0 amide bonds. The lowest BCUT2D eigenvalue weighted by Gasteiger charge is -2.26. The van der Waals surface area contributed by atoms with Crippen LogP contribution in [-0.4, -0.2) is 20.2 Å². The number of aryl methyl sites for hydroxylation is 1. The Kier molecular flexibility index (Phi) is 5.06. The summed E-state index contributed by atoms with van der Waals surface area (Å²) < 4.78 is 12.3. The van der Waals surface area contributed by atoms with Gasteiger partial charge in [-0.05, 0) is 32.4 Å². The third-order valence-electron chi connectivity index (χ3n) is 3.07. The van der Waals surface area contributed by atoms with E-state index >= 15 is 0 Å². The minimum absolute atomic E-state index is 0.336. The molecule has 3 nitrogen and oxygen atoms in total. The first-order valence-corrected chi connectivity index (χ1v) is 7.26. The lowest BCUT2D eigenvalue weighted by molar-refractivity contribution is 0.0889. The molecule has 0 fully saturated rings. The molecule has 0 unspecified atom stereocenters. The van der Waals surface area contributed by atoms with E-state index in [1.54, 1.807) is 19.1 Å². The number of nitriles is 1. The fraction of sp³-hybridized carbons (Fsp3) is 0.500. The molecule has 1 aromatic carbocycles. The van der Waals surface area contributed by atoms with Crippen molar-refractivity contribution in [2.24, 2.45) is 0 Å². The standard InChI is InChI=1S/C14H19NO2S/c1-4-9-14(16,10-15)12(3)18(17)13-7-5-11(2)6-8-13/h5-8,12,16H,4,9H2,1-3H3/t12-,14-,18+/m0/s1. The van der Waals surface area contributed by atoms with Crippen molar-refractivity contribution in [3.05, 3.63) is 29.8 Å². The molecule has 0 aliphatic rings. The SMILES string of the molecule is CCC[C@](O)(C#N)[C@H](C)[S@@](=O)c1ccc(C)cc1. The van der Waals surface area contributed by atoms with Gasteiger partial charge < -0.3 is 5.11 Å². The lowest BCUT2D eigenvalue weighted by atomic mass is 9.96. The summed E-state index contributed by atoms with van der Waals surface area (Å²) in [4.78, 5) is 0.651. The Hall–Kier alpha value is -1.18. The van der Waals surface area contributed by atoms with Gasteiger partial charge in [0, 0.05) is 4.90 Å². The zero-order valence-electron chi connectivity index (χ0n) is 11.0. The Balaban J connectivity index is 2.96. The first-order valence-electron chi connectivity index (χ1n) is 6.05. The van der Waals surface area contributed by atoms with E-state index in [4.69, 9.17) is 5.26 Å². The van der Waals surface area contributed by atoms with Gasteiger partial charge in [0.2, 0.25) is 0 Å². The van der Waals surface area contributed by atoms with E-state index < -0.39 is 21.7 Å². The number of nitrogens with zero attached hydrogens (tertiary/aromatic N) is 1. The topological polar surface area (TPSA) is 61.1 Å². The highest BCUT2D eigenvalue weighted by molar-refractivity contribution is 7.85. The van der Waals surface area contributed by atoms with E-state index in [2.05, 4.69) is 0 Å². The maximum Gasteiger partial charge on any atom is 0.165 e. The van der Waals surface area contributed by atoms with Crippen molar-refractivity contribution in [3.8, 4) is 6.07 Å². The molecule has 0 bridgehead atoms. The second kappa shape index (κ2) is 6.12. The average molecular weight is 265 g/mol. The summed E-state index contributed by atoms with van der Waals surface area (Å²) >= 11 is 0. The molecule has 0 radical (unpaired) electrons. The molecule has 0 aliphatic carbocycles. The van der Waals surface area contributed by atoms with Gasteiger partial charge in [0.05, 0.1) is 22.1 Å². The van der Waals surface area contributed by atoms with Crippen molar-refractivity contribution < 1.29 is 9.32 Å². The van der Waals surface area contributed by atoms with Crippen LogP contribution in [0.2, 0.25) is 0 Å². The molecule has 0 saturated carbocycles. The van der Waals surface area contributed by atoms with Crippen molar-refractivity contribution >= 4 is 10.8 Å². The fourth-order valence-corrected chi connectivity index (χ4v) is 3.12. The molecular formula is C14H19NO2S. The Morgan fingerprint density at radius 2 is 2.00 bits per heavy atom. The van der Waals surface area contributed by atoms with E-state index in [-0.39, 0.29) is 0 Å². The molecule has 0 heterocycles. The zero-order chi connectivity index (χ0) is 13.8. The average Bonchev–Trinajstić information content (AvgIpc) is 2.38. The van der Waals surface area contributed by atoms with Gasteiger partial charge in [-0.1, -0.05) is 31.0 Å². The molecule has 18 heavy (non-hydrogen) atoms. The second-order valence-electron chi connectivity index (χ2n) is 4.54. The summed E-state index contributed by atoms with van der Waals surface area (Å²) in [6.45, 7) is 5.51. The van der Waals surface area contributed by atoms with Gasteiger partial charge in [-0.3, -0.25) is 4.21 Å². The minimum atomic E-state index is -1.52. The maximum atomic E-state index is 12.3. The zero-order valence-corrected chi connectivity index (χ0v) is 11.8. The molecule has 98 valence electrons. The van der Waals surface area contributed by atoms with Crippen LogP contribution in [0.25, 0.3) is 0 Å². The van der Waals surface area contributed by atoms with Crippen molar-refractivity contribution in [1.82, 2.24) is 0 Å². The van der Waals surface area contributed by atoms with Gasteiger partial charge in [-0.15, -0.1) is 0 Å². The largest absolute Gasteiger partial charge is 0.374 e. The molecule has 0 saturated heterocycles. The van der Waals surface area contributed by atoms with Crippen LogP contribution in [0.5, 0.6) is 0 Å². The predicted octanol–water partition coefficient (Wildman–Crippen LogP) is 2.55. The van der Waals surface area contributed by atoms with Crippen molar-refractivity contribution in [2.75, 3.05) is 0 Å². The van der Waals surface area contributed by atoms with Crippen LogP contribution in [0.3, 0.4) is 0 Å². The number of aliphatic hydroxyl groups is 1. The summed E-state index contributed by atoms with van der Waals surface area (Å²) in [6, 6.07) is 9.23. The van der Waals surface area contributed by atoms with E-state index in [9.17, 15) is 9.32 Å². The van der Waals surface area contributed by atoms with Gasteiger partial charge >= 0.3 is 0 Å². The highest BCUT2D eigenvalue weighted by atomic mass is 32.2. The molecule has 1 N–H and O–H groups in total. The molecule has 1 aromatic rings. The van der Waals surface area contributed by atoms with Gasteiger partial charge in [-0.2, -0.15) is 5.26 Å². The summed E-state index contributed by atoms with van der Waals surface area (Å²) in [6.07, 6.45) is 1.02. The van der Waals surface area contributed by atoms with Crippen LogP contribution in [0.1, 0.15) is 32.3 Å². The van der Waals surface area contributed by atoms with Gasteiger partial charge in [0.1, 0.15) is 0 Å². The van der Waals surface area contributed by atoms with Crippen LogP contribution >= 0.6 is 0 Å². The first kappa shape index (κ1) is 14.9. The fourth-order valence-electron chi connectivity index (χ4n) is 1.78. The Morgan fingerprint density at radius 1 is 1.44 bits per heavy atom. The molecule has 0 spiro atoms. The maximum absolute atomic E-state index is 12.3. The monoisotopic (exact) mass is 265 g/mol.